The zero-order valence-electron chi connectivity index (χ0n) is 20.6. The molecule has 1 aromatic carbocycles. The minimum absolute atomic E-state index is 0. The van der Waals surface area contributed by atoms with Gasteiger partial charge >= 0.3 is 0 Å². The second-order valence-corrected chi connectivity index (χ2v) is 9.15. The van der Waals surface area contributed by atoms with Crippen LogP contribution >= 0.6 is 12.4 Å². The molecule has 0 radical (unpaired) electrons. The van der Waals surface area contributed by atoms with E-state index in [1.807, 2.05) is 0 Å². The van der Waals surface area contributed by atoms with Crippen molar-refractivity contribution in [1.82, 2.24) is 20.9 Å². The lowest BCUT2D eigenvalue weighted by Crippen LogP contribution is -2.54. The first-order valence-corrected chi connectivity index (χ1v) is 12.5. The van der Waals surface area contributed by atoms with Gasteiger partial charge in [0, 0.05) is 19.6 Å². The summed E-state index contributed by atoms with van der Waals surface area (Å²) in [5, 5.41) is 8.26. The maximum atomic E-state index is 13.0. The Morgan fingerprint density at radius 3 is 2.57 bits per heavy atom. The molecule has 0 aromatic heterocycles. The second kappa shape index (κ2) is 13.5. The van der Waals surface area contributed by atoms with E-state index in [1.165, 1.54) is 12.1 Å². The van der Waals surface area contributed by atoms with Crippen LogP contribution in [0.4, 0.5) is 0 Å². The van der Waals surface area contributed by atoms with Crippen LogP contribution in [0.2, 0.25) is 0 Å². The third-order valence-electron chi connectivity index (χ3n) is 6.57. The maximum Gasteiger partial charge on any atom is 0.266 e. The molecule has 1 atom stereocenters. The number of nitrogens with one attached hydrogen (secondary N) is 3. The number of amides is 5. The summed E-state index contributed by atoms with van der Waals surface area (Å²) in [6, 6.07) is 3.48. The van der Waals surface area contributed by atoms with Crippen molar-refractivity contribution in [3.8, 4) is 5.75 Å². The molecular weight excluding hydrogens is 504 g/mol. The van der Waals surface area contributed by atoms with Gasteiger partial charge < -0.3 is 20.1 Å². The Morgan fingerprint density at radius 1 is 1.03 bits per heavy atom. The number of rotatable bonds is 11. The summed E-state index contributed by atoms with van der Waals surface area (Å²) in [6.45, 7) is 2.93. The first-order chi connectivity index (χ1) is 17.5. The van der Waals surface area contributed by atoms with Gasteiger partial charge in [-0.3, -0.25) is 34.2 Å². The van der Waals surface area contributed by atoms with E-state index in [-0.39, 0.29) is 54.6 Å². The van der Waals surface area contributed by atoms with Crippen molar-refractivity contribution in [2.75, 3.05) is 32.8 Å². The van der Waals surface area contributed by atoms with Gasteiger partial charge in [0.1, 0.15) is 11.8 Å². The van der Waals surface area contributed by atoms with E-state index in [4.69, 9.17) is 9.47 Å². The normalized spacial score (nSPS) is 19.8. The summed E-state index contributed by atoms with van der Waals surface area (Å²) in [5.41, 5.74) is 0.128. The average molecular weight is 537 g/mol. The molecule has 4 rings (SSSR count). The molecule has 3 aliphatic heterocycles. The highest BCUT2D eigenvalue weighted by molar-refractivity contribution is 6.24. The summed E-state index contributed by atoms with van der Waals surface area (Å²) in [6.07, 6.45) is 5.25. The predicted molar refractivity (Wildman–Crippen MR) is 135 cm³/mol. The molecule has 2 saturated heterocycles. The zero-order chi connectivity index (χ0) is 25.5. The highest BCUT2D eigenvalue weighted by atomic mass is 35.5. The van der Waals surface area contributed by atoms with Crippen molar-refractivity contribution in [2.24, 2.45) is 0 Å². The van der Waals surface area contributed by atoms with Crippen LogP contribution in [0.15, 0.2) is 18.2 Å². The smallest absolute Gasteiger partial charge is 0.266 e. The van der Waals surface area contributed by atoms with Crippen LogP contribution in [-0.2, 0) is 19.1 Å². The maximum absolute atomic E-state index is 13.0. The first-order valence-electron chi connectivity index (χ1n) is 12.5. The van der Waals surface area contributed by atoms with Crippen molar-refractivity contribution in [1.29, 1.82) is 0 Å². The van der Waals surface area contributed by atoms with Crippen molar-refractivity contribution in [3.63, 3.8) is 0 Å². The fourth-order valence-corrected chi connectivity index (χ4v) is 4.64. The summed E-state index contributed by atoms with van der Waals surface area (Å²) in [4.78, 5) is 62.7. The van der Waals surface area contributed by atoms with Gasteiger partial charge in [0.2, 0.25) is 11.8 Å². The lowest BCUT2D eigenvalue weighted by atomic mass is 10.0. The van der Waals surface area contributed by atoms with Gasteiger partial charge in [-0.1, -0.05) is 6.07 Å². The predicted octanol–water partition coefficient (Wildman–Crippen LogP) is 0.944. The Kier molecular flexibility index (Phi) is 10.4. The van der Waals surface area contributed by atoms with E-state index in [2.05, 4.69) is 16.0 Å². The molecule has 5 amide bonds. The van der Waals surface area contributed by atoms with Crippen molar-refractivity contribution in [3.05, 3.63) is 29.3 Å². The summed E-state index contributed by atoms with van der Waals surface area (Å²) in [7, 11) is 0. The van der Waals surface area contributed by atoms with Crippen LogP contribution in [0.3, 0.4) is 0 Å². The molecular formula is C25H33ClN4O7. The highest BCUT2D eigenvalue weighted by Gasteiger charge is 2.46. The topological polar surface area (TPSA) is 143 Å². The fourth-order valence-electron chi connectivity index (χ4n) is 4.64. The molecule has 1 unspecified atom stereocenters. The molecule has 0 spiro atoms. The number of piperidine rings is 2. The SMILES string of the molecule is Cl.O=C(COc1cccc2c1C(=O)N(C1CCC(=O)NC1=O)C2=O)NCCCCCOC1CCNCC1. The molecule has 1 aromatic rings. The van der Waals surface area contributed by atoms with Crippen molar-refractivity contribution < 1.29 is 33.4 Å². The molecule has 0 bridgehead atoms. The number of nitrogens with zero attached hydrogens (tertiary/aromatic N) is 1. The minimum Gasteiger partial charge on any atom is -0.483 e. The van der Waals surface area contributed by atoms with E-state index in [0.717, 1.165) is 56.7 Å². The van der Waals surface area contributed by atoms with Gasteiger partial charge in [-0.2, -0.15) is 0 Å². The standard InChI is InChI=1S/C25H32N4O7.ClH/c30-20-8-7-18(23(32)28-20)29-24(33)17-5-4-6-19(22(17)25(29)34)36-15-21(31)27-11-2-1-3-14-35-16-9-12-26-13-10-16;/h4-6,16,18,26H,1-3,7-15H2,(H,27,31)(H,28,30,32);1H. The van der Waals surface area contributed by atoms with E-state index in [9.17, 15) is 24.0 Å². The van der Waals surface area contributed by atoms with Gasteiger partial charge in [-0.05, 0) is 63.7 Å². The van der Waals surface area contributed by atoms with Gasteiger partial charge in [0.25, 0.3) is 17.7 Å². The molecule has 11 nitrogen and oxygen atoms in total. The molecule has 2 fully saturated rings. The molecule has 0 aliphatic carbocycles. The Morgan fingerprint density at radius 2 is 1.81 bits per heavy atom. The van der Waals surface area contributed by atoms with Gasteiger partial charge in [-0.25, -0.2) is 0 Å². The largest absolute Gasteiger partial charge is 0.483 e. The van der Waals surface area contributed by atoms with Crippen LogP contribution in [0.1, 0.15) is 65.7 Å². The Balaban J connectivity index is 0.00000380. The molecule has 37 heavy (non-hydrogen) atoms. The van der Waals surface area contributed by atoms with Crippen LogP contribution in [0.5, 0.6) is 5.75 Å². The minimum atomic E-state index is -1.06. The number of carbonyl (C=O) groups excluding carboxylic acids is 5. The molecule has 3 N–H and O–H groups in total. The van der Waals surface area contributed by atoms with Gasteiger partial charge in [0.15, 0.2) is 6.61 Å². The van der Waals surface area contributed by atoms with Crippen molar-refractivity contribution >= 4 is 41.9 Å². The van der Waals surface area contributed by atoms with Crippen LogP contribution < -0.4 is 20.7 Å². The molecule has 0 saturated carbocycles. The van der Waals surface area contributed by atoms with E-state index in [0.29, 0.717) is 12.6 Å². The number of halogens is 1. The first kappa shape index (κ1) is 28.5. The number of unbranched alkanes of at least 4 members (excludes halogenated alkanes) is 2. The quantitative estimate of drug-likeness (QED) is 0.280. The zero-order valence-corrected chi connectivity index (χ0v) is 21.4. The van der Waals surface area contributed by atoms with E-state index >= 15 is 0 Å². The summed E-state index contributed by atoms with van der Waals surface area (Å²) >= 11 is 0. The molecule has 3 aliphatic rings. The lowest BCUT2D eigenvalue weighted by molar-refractivity contribution is -0.136. The summed E-state index contributed by atoms with van der Waals surface area (Å²) < 4.78 is 11.4. The molecule has 202 valence electrons. The van der Waals surface area contributed by atoms with E-state index in [1.54, 1.807) is 6.07 Å². The Bertz CT molecular complexity index is 1030. The molecule has 3 heterocycles. The number of imide groups is 2. The monoisotopic (exact) mass is 536 g/mol. The highest BCUT2D eigenvalue weighted by Crippen LogP contribution is 2.33. The van der Waals surface area contributed by atoms with Crippen LogP contribution in [0.25, 0.3) is 0 Å². The van der Waals surface area contributed by atoms with Crippen LogP contribution in [-0.4, -0.2) is 79.4 Å². The number of carbonyl (C=O) groups is 5. The third kappa shape index (κ3) is 7.06. The average Bonchev–Trinajstić information content (AvgIpc) is 3.13. The molecule has 12 heteroatoms. The van der Waals surface area contributed by atoms with Crippen LogP contribution in [0, 0.1) is 0 Å². The Hall–Kier alpha value is -3.02. The van der Waals surface area contributed by atoms with Gasteiger partial charge in [-0.15, -0.1) is 12.4 Å². The van der Waals surface area contributed by atoms with Gasteiger partial charge in [0.05, 0.1) is 17.2 Å². The number of hydrogen-bond acceptors (Lipinski definition) is 8. The number of ether oxygens (including phenoxy) is 2. The number of benzene rings is 1. The fraction of sp³-hybridized carbons (Fsp3) is 0.560. The lowest BCUT2D eigenvalue weighted by Gasteiger charge is -2.27. The van der Waals surface area contributed by atoms with E-state index < -0.39 is 29.7 Å². The number of hydrogen-bond donors (Lipinski definition) is 3. The third-order valence-corrected chi connectivity index (χ3v) is 6.57. The summed E-state index contributed by atoms with van der Waals surface area (Å²) in [5.74, 6) is -2.65. The van der Waals surface area contributed by atoms with Crippen molar-refractivity contribution in [2.45, 2.75) is 57.1 Å². The number of fused-ring (bicyclic) bond motifs is 1. The second-order valence-electron chi connectivity index (χ2n) is 9.15. The Labute approximate surface area is 221 Å².